The topological polar surface area (TPSA) is 45.4 Å². The Morgan fingerprint density at radius 2 is 2.12 bits per heavy atom. The maximum Gasteiger partial charge on any atom is 0.129 e. The second kappa shape index (κ2) is 6.57. The molecule has 0 aliphatic carbocycles. The Hall–Kier alpha value is -1.13. The summed E-state index contributed by atoms with van der Waals surface area (Å²) in [4.78, 5) is 8.94. The minimum Gasteiger partial charge on any atom is -0.353 e. The van der Waals surface area contributed by atoms with Gasteiger partial charge >= 0.3 is 0 Å². The summed E-state index contributed by atoms with van der Waals surface area (Å²) in [5, 5.41) is 0. The number of pyridine rings is 1. The Morgan fingerprint density at radius 1 is 1.41 bits per heavy atom. The van der Waals surface area contributed by atoms with Gasteiger partial charge in [0.25, 0.3) is 0 Å². The summed E-state index contributed by atoms with van der Waals surface area (Å²) in [7, 11) is 4.18. The van der Waals surface area contributed by atoms with Crippen LogP contribution in [0.1, 0.15) is 19.4 Å². The number of hydrogen-bond acceptors (Lipinski definition) is 4. The van der Waals surface area contributed by atoms with E-state index in [-0.39, 0.29) is 0 Å². The fraction of sp³-hybridized carbons (Fsp3) is 0.615. The molecule has 2 N–H and O–H groups in total. The highest BCUT2D eigenvalue weighted by molar-refractivity contribution is 5.42. The van der Waals surface area contributed by atoms with Crippen molar-refractivity contribution in [3.8, 4) is 0 Å². The average Bonchev–Trinajstić information content (AvgIpc) is 2.29. The SMILES string of the molecule is CCN(c1cc(CN)ccn1)C(C)CN(C)C. The number of aromatic nitrogens is 1. The molecule has 1 rings (SSSR count). The van der Waals surface area contributed by atoms with Gasteiger partial charge in [0.2, 0.25) is 0 Å². The van der Waals surface area contributed by atoms with Crippen molar-refractivity contribution < 1.29 is 0 Å². The first-order valence-electron chi connectivity index (χ1n) is 6.14. The molecule has 0 aliphatic rings. The lowest BCUT2D eigenvalue weighted by Crippen LogP contribution is -2.40. The Morgan fingerprint density at radius 3 is 2.65 bits per heavy atom. The van der Waals surface area contributed by atoms with Gasteiger partial charge in [-0.1, -0.05) is 0 Å². The minimum absolute atomic E-state index is 0.440. The summed E-state index contributed by atoms with van der Waals surface area (Å²) in [6, 6.07) is 4.49. The molecule has 0 spiro atoms. The third-order valence-electron chi connectivity index (χ3n) is 2.84. The molecule has 0 radical (unpaired) electrons. The molecule has 0 amide bonds. The molecular formula is C13H24N4. The van der Waals surface area contributed by atoms with Crippen LogP contribution in [-0.2, 0) is 6.54 Å². The molecule has 0 fully saturated rings. The van der Waals surface area contributed by atoms with Crippen molar-refractivity contribution in [3.63, 3.8) is 0 Å². The molecule has 0 saturated carbocycles. The van der Waals surface area contributed by atoms with Gasteiger partial charge in [-0.05, 0) is 45.6 Å². The molecule has 0 bridgehead atoms. The maximum atomic E-state index is 5.66. The van der Waals surface area contributed by atoms with E-state index in [1.165, 1.54) is 0 Å². The van der Waals surface area contributed by atoms with Crippen molar-refractivity contribution >= 4 is 5.82 Å². The maximum absolute atomic E-state index is 5.66. The lowest BCUT2D eigenvalue weighted by atomic mass is 10.2. The molecule has 0 saturated heterocycles. The predicted molar refractivity (Wildman–Crippen MR) is 73.2 cm³/mol. The van der Waals surface area contributed by atoms with Gasteiger partial charge in [0, 0.05) is 31.9 Å². The summed E-state index contributed by atoms with van der Waals surface area (Å²) in [5.41, 5.74) is 6.79. The quantitative estimate of drug-likeness (QED) is 0.809. The Labute approximate surface area is 104 Å². The van der Waals surface area contributed by atoms with Crippen LogP contribution in [0.5, 0.6) is 0 Å². The van der Waals surface area contributed by atoms with E-state index in [9.17, 15) is 0 Å². The molecule has 17 heavy (non-hydrogen) atoms. The Balaban J connectivity index is 2.84. The zero-order chi connectivity index (χ0) is 12.8. The van der Waals surface area contributed by atoms with E-state index in [0.717, 1.165) is 24.5 Å². The fourth-order valence-electron chi connectivity index (χ4n) is 2.07. The molecule has 1 aromatic rings. The molecule has 1 atom stereocenters. The van der Waals surface area contributed by atoms with Gasteiger partial charge in [0.1, 0.15) is 5.82 Å². The first kappa shape index (κ1) is 13.9. The second-order valence-electron chi connectivity index (χ2n) is 4.62. The van der Waals surface area contributed by atoms with Crippen molar-refractivity contribution in [3.05, 3.63) is 23.9 Å². The first-order chi connectivity index (χ1) is 8.08. The lowest BCUT2D eigenvalue weighted by Gasteiger charge is -2.31. The zero-order valence-electron chi connectivity index (χ0n) is 11.3. The average molecular weight is 236 g/mol. The molecule has 1 aromatic heterocycles. The van der Waals surface area contributed by atoms with Crippen molar-refractivity contribution in [2.75, 3.05) is 32.1 Å². The fourth-order valence-corrected chi connectivity index (χ4v) is 2.07. The molecule has 4 heteroatoms. The van der Waals surface area contributed by atoms with E-state index in [2.05, 4.69) is 48.8 Å². The third-order valence-corrected chi connectivity index (χ3v) is 2.84. The van der Waals surface area contributed by atoms with Gasteiger partial charge in [0.15, 0.2) is 0 Å². The molecule has 0 aliphatic heterocycles. The van der Waals surface area contributed by atoms with Crippen molar-refractivity contribution in [1.82, 2.24) is 9.88 Å². The summed E-state index contributed by atoms with van der Waals surface area (Å²) >= 11 is 0. The number of anilines is 1. The van der Waals surface area contributed by atoms with Gasteiger partial charge in [-0.2, -0.15) is 0 Å². The molecule has 0 aromatic carbocycles. The van der Waals surface area contributed by atoms with Gasteiger partial charge in [-0.15, -0.1) is 0 Å². The van der Waals surface area contributed by atoms with Gasteiger partial charge in [-0.3, -0.25) is 0 Å². The normalized spacial score (nSPS) is 12.8. The van der Waals surface area contributed by atoms with Crippen molar-refractivity contribution in [1.29, 1.82) is 0 Å². The van der Waals surface area contributed by atoms with Crippen molar-refractivity contribution in [2.45, 2.75) is 26.4 Å². The molecule has 4 nitrogen and oxygen atoms in total. The van der Waals surface area contributed by atoms with E-state index >= 15 is 0 Å². The van der Waals surface area contributed by atoms with Crippen LogP contribution in [-0.4, -0.2) is 43.1 Å². The van der Waals surface area contributed by atoms with Gasteiger partial charge in [-0.25, -0.2) is 4.98 Å². The summed E-state index contributed by atoms with van der Waals surface area (Å²) in [5.74, 6) is 1.02. The summed E-state index contributed by atoms with van der Waals surface area (Å²) in [6.07, 6.45) is 1.84. The number of nitrogens with two attached hydrogens (primary N) is 1. The van der Waals surface area contributed by atoms with Crippen LogP contribution in [0.2, 0.25) is 0 Å². The number of nitrogens with zero attached hydrogens (tertiary/aromatic N) is 3. The number of rotatable bonds is 6. The van der Waals surface area contributed by atoms with E-state index in [0.29, 0.717) is 12.6 Å². The van der Waals surface area contributed by atoms with Gasteiger partial charge in [0.05, 0.1) is 0 Å². The smallest absolute Gasteiger partial charge is 0.129 e. The highest BCUT2D eigenvalue weighted by Gasteiger charge is 2.14. The van der Waals surface area contributed by atoms with E-state index < -0.39 is 0 Å². The van der Waals surface area contributed by atoms with Crippen LogP contribution in [0.25, 0.3) is 0 Å². The molecule has 1 heterocycles. The molecular weight excluding hydrogens is 212 g/mol. The van der Waals surface area contributed by atoms with Crippen LogP contribution in [0.4, 0.5) is 5.82 Å². The lowest BCUT2D eigenvalue weighted by molar-refractivity contribution is 0.372. The van der Waals surface area contributed by atoms with Crippen LogP contribution in [0.3, 0.4) is 0 Å². The van der Waals surface area contributed by atoms with Crippen LogP contribution >= 0.6 is 0 Å². The van der Waals surface area contributed by atoms with E-state index in [1.54, 1.807) is 0 Å². The van der Waals surface area contributed by atoms with Crippen LogP contribution in [0, 0.1) is 0 Å². The number of hydrogen-bond donors (Lipinski definition) is 1. The molecule has 96 valence electrons. The minimum atomic E-state index is 0.440. The summed E-state index contributed by atoms with van der Waals surface area (Å²) in [6.45, 7) is 6.91. The number of likely N-dealkylation sites (N-methyl/N-ethyl adjacent to an activating group) is 2. The monoisotopic (exact) mass is 236 g/mol. The first-order valence-corrected chi connectivity index (χ1v) is 6.14. The Kier molecular flexibility index (Phi) is 5.38. The highest BCUT2D eigenvalue weighted by atomic mass is 15.2. The predicted octanol–water partition coefficient (Wildman–Crippen LogP) is 1.32. The van der Waals surface area contributed by atoms with Crippen LogP contribution in [0.15, 0.2) is 18.3 Å². The Bertz CT molecular complexity index is 338. The highest BCUT2D eigenvalue weighted by Crippen LogP contribution is 2.15. The van der Waals surface area contributed by atoms with E-state index in [4.69, 9.17) is 5.73 Å². The van der Waals surface area contributed by atoms with Gasteiger partial charge < -0.3 is 15.5 Å². The van der Waals surface area contributed by atoms with E-state index in [1.807, 2.05) is 12.3 Å². The second-order valence-corrected chi connectivity index (χ2v) is 4.62. The zero-order valence-corrected chi connectivity index (χ0v) is 11.3. The molecule has 1 unspecified atom stereocenters. The largest absolute Gasteiger partial charge is 0.353 e. The standard InChI is InChI=1S/C13H24N4/c1-5-17(11(2)10-16(3)4)13-8-12(9-14)6-7-15-13/h6-8,11H,5,9-10,14H2,1-4H3. The van der Waals surface area contributed by atoms with Crippen LogP contribution < -0.4 is 10.6 Å². The summed E-state index contributed by atoms with van der Waals surface area (Å²) < 4.78 is 0. The van der Waals surface area contributed by atoms with Crippen molar-refractivity contribution in [2.24, 2.45) is 5.73 Å². The third kappa shape index (κ3) is 3.98.